The molecule has 1 aliphatic heterocycles. The fourth-order valence-corrected chi connectivity index (χ4v) is 2.70. The van der Waals surface area contributed by atoms with Crippen LogP contribution in [0.5, 0.6) is 11.5 Å². The van der Waals surface area contributed by atoms with Crippen molar-refractivity contribution in [2.24, 2.45) is 0 Å². The van der Waals surface area contributed by atoms with Gasteiger partial charge < -0.3 is 24.6 Å². The number of ether oxygens (including phenoxy) is 2. The highest BCUT2D eigenvalue weighted by molar-refractivity contribution is 5.74. The van der Waals surface area contributed by atoms with Gasteiger partial charge in [-0.15, -0.1) is 0 Å². The Kier molecular flexibility index (Phi) is 6.08. The maximum absolute atomic E-state index is 12.2. The van der Waals surface area contributed by atoms with Crippen molar-refractivity contribution >= 4 is 11.8 Å². The Bertz CT molecular complexity index is 688. The van der Waals surface area contributed by atoms with E-state index in [2.05, 4.69) is 20.2 Å². The van der Waals surface area contributed by atoms with Crippen LogP contribution in [0.15, 0.2) is 42.9 Å². The van der Waals surface area contributed by atoms with Crippen molar-refractivity contribution in [3.05, 3.63) is 42.9 Å². The van der Waals surface area contributed by atoms with E-state index in [4.69, 9.17) is 9.47 Å². The van der Waals surface area contributed by atoms with E-state index in [1.54, 1.807) is 30.6 Å². The third-order valence-electron chi connectivity index (χ3n) is 4.15. The molecular weight excluding hydrogens is 334 g/mol. The van der Waals surface area contributed by atoms with Crippen LogP contribution < -0.4 is 19.7 Å². The maximum Gasteiger partial charge on any atom is 0.317 e. The first kappa shape index (κ1) is 17.8. The van der Waals surface area contributed by atoms with Crippen molar-refractivity contribution in [2.75, 3.05) is 51.3 Å². The molecule has 26 heavy (non-hydrogen) atoms. The topological polar surface area (TPSA) is 79.8 Å². The highest BCUT2D eigenvalue weighted by Gasteiger charge is 2.21. The molecule has 2 aromatic rings. The van der Waals surface area contributed by atoms with Crippen LogP contribution in [-0.4, -0.2) is 67.3 Å². The molecule has 0 saturated carbocycles. The van der Waals surface area contributed by atoms with Crippen LogP contribution in [0.1, 0.15) is 0 Å². The van der Waals surface area contributed by atoms with Gasteiger partial charge in [-0.1, -0.05) is 0 Å². The molecule has 2 heterocycles. The van der Waals surface area contributed by atoms with Gasteiger partial charge in [-0.05, 0) is 24.3 Å². The number of hydrogen-bond donors (Lipinski definition) is 1. The summed E-state index contributed by atoms with van der Waals surface area (Å²) in [6, 6.07) is 7.29. The summed E-state index contributed by atoms with van der Waals surface area (Å²) >= 11 is 0. The zero-order chi connectivity index (χ0) is 18.2. The number of aromatic nitrogens is 2. The molecule has 1 aliphatic rings. The second-order valence-electron chi connectivity index (χ2n) is 5.79. The molecule has 8 heteroatoms. The third kappa shape index (κ3) is 4.75. The van der Waals surface area contributed by atoms with Crippen LogP contribution >= 0.6 is 0 Å². The van der Waals surface area contributed by atoms with Crippen molar-refractivity contribution in [3.63, 3.8) is 0 Å². The van der Waals surface area contributed by atoms with Crippen LogP contribution in [0.25, 0.3) is 0 Å². The fraction of sp³-hybridized carbons (Fsp3) is 0.389. The molecule has 0 bridgehead atoms. The van der Waals surface area contributed by atoms with Gasteiger partial charge in [0.2, 0.25) is 0 Å². The van der Waals surface area contributed by atoms with Gasteiger partial charge >= 0.3 is 6.03 Å². The number of benzene rings is 1. The van der Waals surface area contributed by atoms with Gasteiger partial charge in [0.1, 0.15) is 23.9 Å². The fourth-order valence-electron chi connectivity index (χ4n) is 2.70. The SMILES string of the molecule is COc1ccc(OCCNC(=O)N2CCN(c3cnccn3)CC2)cc1. The summed E-state index contributed by atoms with van der Waals surface area (Å²) in [6.07, 6.45) is 5.07. The van der Waals surface area contributed by atoms with E-state index in [0.717, 1.165) is 30.4 Å². The van der Waals surface area contributed by atoms with Gasteiger partial charge in [-0.2, -0.15) is 0 Å². The number of anilines is 1. The number of urea groups is 1. The Labute approximate surface area is 152 Å². The summed E-state index contributed by atoms with van der Waals surface area (Å²) in [7, 11) is 1.62. The third-order valence-corrected chi connectivity index (χ3v) is 4.15. The smallest absolute Gasteiger partial charge is 0.317 e. The largest absolute Gasteiger partial charge is 0.497 e. The van der Waals surface area contributed by atoms with Crippen LogP contribution in [-0.2, 0) is 0 Å². The monoisotopic (exact) mass is 357 g/mol. The number of piperazine rings is 1. The van der Waals surface area contributed by atoms with Gasteiger partial charge in [-0.25, -0.2) is 9.78 Å². The summed E-state index contributed by atoms with van der Waals surface area (Å²) < 4.78 is 10.7. The lowest BCUT2D eigenvalue weighted by Crippen LogP contribution is -2.52. The summed E-state index contributed by atoms with van der Waals surface area (Å²) in [5.41, 5.74) is 0. The molecule has 1 saturated heterocycles. The molecule has 1 N–H and O–H groups in total. The highest BCUT2D eigenvalue weighted by Crippen LogP contribution is 2.16. The molecule has 0 aliphatic carbocycles. The summed E-state index contributed by atoms with van der Waals surface area (Å²) in [5.74, 6) is 2.38. The molecule has 138 valence electrons. The van der Waals surface area contributed by atoms with Crippen LogP contribution in [0.2, 0.25) is 0 Å². The number of rotatable bonds is 6. The van der Waals surface area contributed by atoms with Crippen LogP contribution in [0.4, 0.5) is 10.6 Å². The van der Waals surface area contributed by atoms with Crippen LogP contribution in [0, 0.1) is 0 Å². The van der Waals surface area contributed by atoms with Crippen molar-refractivity contribution in [3.8, 4) is 11.5 Å². The maximum atomic E-state index is 12.2. The van der Waals surface area contributed by atoms with Gasteiger partial charge in [-0.3, -0.25) is 4.98 Å². The molecule has 3 rings (SSSR count). The molecular formula is C18H23N5O3. The minimum atomic E-state index is -0.0675. The minimum Gasteiger partial charge on any atom is -0.497 e. The molecule has 0 radical (unpaired) electrons. The predicted molar refractivity (Wildman–Crippen MR) is 97.7 cm³/mol. The first-order chi connectivity index (χ1) is 12.8. The summed E-state index contributed by atoms with van der Waals surface area (Å²) in [4.78, 5) is 24.5. The van der Waals surface area contributed by atoms with Gasteiger partial charge in [0.05, 0.1) is 19.9 Å². The van der Waals surface area contributed by atoms with Crippen molar-refractivity contribution in [1.29, 1.82) is 0 Å². The molecule has 1 fully saturated rings. The van der Waals surface area contributed by atoms with Crippen molar-refractivity contribution in [1.82, 2.24) is 20.2 Å². The summed E-state index contributed by atoms with van der Waals surface area (Å²) in [5, 5.41) is 2.89. The van der Waals surface area contributed by atoms with E-state index in [1.165, 1.54) is 0 Å². The van der Waals surface area contributed by atoms with Crippen molar-refractivity contribution < 1.29 is 14.3 Å². The molecule has 0 unspecified atom stereocenters. The minimum absolute atomic E-state index is 0.0675. The van der Waals surface area contributed by atoms with E-state index in [9.17, 15) is 4.79 Å². The lowest BCUT2D eigenvalue weighted by Gasteiger charge is -2.35. The Morgan fingerprint density at radius 3 is 2.50 bits per heavy atom. The molecule has 1 aromatic carbocycles. The van der Waals surface area contributed by atoms with E-state index in [1.807, 2.05) is 24.3 Å². The number of methoxy groups -OCH3 is 1. The average Bonchev–Trinajstić information content (AvgIpc) is 2.72. The van der Waals surface area contributed by atoms with Crippen molar-refractivity contribution in [2.45, 2.75) is 0 Å². The molecule has 1 aromatic heterocycles. The van der Waals surface area contributed by atoms with Gasteiger partial charge in [0.15, 0.2) is 0 Å². The lowest BCUT2D eigenvalue weighted by atomic mass is 10.3. The molecule has 0 atom stereocenters. The van der Waals surface area contributed by atoms with Crippen LogP contribution in [0.3, 0.4) is 0 Å². The van der Waals surface area contributed by atoms with E-state index < -0.39 is 0 Å². The van der Waals surface area contributed by atoms with E-state index >= 15 is 0 Å². The number of amides is 2. The Morgan fingerprint density at radius 1 is 1.12 bits per heavy atom. The second-order valence-corrected chi connectivity index (χ2v) is 5.79. The van der Waals surface area contributed by atoms with Gasteiger partial charge in [0.25, 0.3) is 0 Å². The number of hydrogen-bond acceptors (Lipinski definition) is 6. The first-order valence-electron chi connectivity index (χ1n) is 8.57. The molecule has 8 nitrogen and oxygen atoms in total. The second kappa shape index (κ2) is 8.89. The standard InChI is InChI=1S/C18H23N5O3/c1-25-15-2-4-16(5-3-15)26-13-8-21-18(24)23-11-9-22(10-12-23)17-14-19-6-7-20-17/h2-7,14H,8-13H2,1H3,(H,21,24). The zero-order valence-corrected chi connectivity index (χ0v) is 14.8. The average molecular weight is 357 g/mol. The quantitative estimate of drug-likeness (QED) is 0.787. The number of carbonyl (C=O) groups is 1. The highest BCUT2D eigenvalue weighted by atomic mass is 16.5. The molecule has 2 amide bonds. The van der Waals surface area contributed by atoms with Gasteiger partial charge in [0, 0.05) is 38.6 Å². The van der Waals surface area contributed by atoms with E-state index in [-0.39, 0.29) is 6.03 Å². The number of carbonyl (C=O) groups excluding carboxylic acids is 1. The van der Waals surface area contributed by atoms with E-state index in [0.29, 0.717) is 26.2 Å². The number of nitrogens with one attached hydrogen (secondary N) is 1. The predicted octanol–water partition coefficient (Wildman–Crippen LogP) is 1.40. The Hall–Kier alpha value is -3.03. The Morgan fingerprint density at radius 2 is 1.85 bits per heavy atom. The molecule has 0 spiro atoms. The zero-order valence-electron chi connectivity index (χ0n) is 14.8. The lowest BCUT2D eigenvalue weighted by molar-refractivity contribution is 0.191. The summed E-state index contributed by atoms with van der Waals surface area (Å²) in [6.45, 7) is 3.67. The normalized spacial score (nSPS) is 14.0. The Balaban J connectivity index is 1.35. The first-order valence-corrected chi connectivity index (χ1v) is 8.57. The number of nitrogens with zero attached hydrogens (tertiary/aromatic N) is 4.